The summed E-state index contributed by atoms with van der Waals surface area (Å²) in [7, 11) is 0. The SMILES string of the molecule is [CH](C1CCCCC1)C1CC1. The van der Waals surface area contributed by atoms with Crippen molar-refractivity contribution in [2.24, 2.45) is 11.8 Å². The Hall–Kier alpha value is 0. The molecule has 2 rings (SSSR count). The van der Waals surface area contributed by atoms with Crippen LogP contribution in [0.5, 0.6) is 0 Å². The highest BCUT2D eigenvalue weighted by molar-refractivity contribution is 4.92. The lowest BCUT2D eigenvalue weighted by molar-refractivity contribution is 0.387. The average molecular weight is 137 g/mol. The monoisotopic (exact) mass is 137 g/mol. The van der Waals surface area contributed by atoms with Crippen LogP contribution in [0.15, 0.2) is 0 Å². The van der Waals surface area contributed by atoms with Gasteiger partial charge in [-0.05, 0) is 31.1 Å². The van der Waals surface area contributed by atoms with Crippen LogP contribution >= 0.6 is 0 Å². The zero-order chi connectivity index (χ0) is 6.81. The third-order valence-electron chi connectivity index (χ3n) is 2.82. The van der Waals surface area contributed by atoms with Crippen molar-refractivity contribution in [3.8, 4) is 0 Å². The molecule has 1 radical (unpaired) electrons. The lowest BCUT2D eigenvalue weighted by atomic mass is 9.86. The van der Waals surface area contributed by atoms with E-state index in [0.717, 1.165) is 11.8 Å². The Morgan fingerprint density at radius 2 is 1.30 bits per heavy atom. The van der Waals surface area contributed by atoms with Gasteiger partial charge in [-0.3, -0.25) is 0 Å². The Labute approximate surface area is 64.0 Å². The van der Waals surface area contributed by atoms with Crippen LogP contribution in [0.25, 0.3) is 0 Å². The average Bonchev–Trinajstić information content (AvgIpc) is 2.74. The van der Waals surface area contributed by atoms with E-state index in [4.69, 9.17) is 0 Å². The Morgan fingerprint density at radius 1 is 0.700 bits per heavy atom. The zero-order valence-electron chi connectivity index (χ0n) is 6.68. The van der Waals surface area contributed by atoms with E-state index in [2.05, 4.69) is 6.42 Å². The van der Waals surface area contributed by atoms with Gasteiger partial charge in [0.2, 0.25) is 0 Å². The van der Waals surface area contributed by atoms with E-state index in [9.17, 15) is 0 Å². The normalized spacial score (nSPS) is 28.8. The van der Waals surface area contributed by atoms with Gasteiger partial charge >= 0.3 is 0 Å². The molecule has 0 atom stereocenters. The molecule has 2 fully saturated rings. The molecule has 0 aromatic rings. The first kappa shape index (κ1) is 6.69. The van der Waals surface area contributed by atoms with E-state index in [1.807, 2.05) is 0 Å². The topological polar surface area (TPSA) is 0 Å². The van der Waals surface area contributed by atoms with Crippen LogP contribution < -0.4 is 0 Å². The van der Waals surface area contributed by atoms with Gasteiger partial charge in [0, 0.05) is 0 Å². The molecule has 0 amide bonds. The first-order valence-corrected chi connectivity index (χ1v) is 4.80. The van der Waals surface area contributed by atoms with Crippen molar-refractivity contribution in [3.05, 3.63) is 6.42 Å². The van der Waals surface area contributed by atoms with Gasteiger partial charge < -0.3 is 0 Å². The first-order chi connectivity index (χ1) is 4.95. The number of hydrogen-bond acceptors (Lipinski definition) is 0. The van der Waals surface area contributed by atoms with Gasteiger partial charge in [0.15, 0.2) is 0 Å². The Balaban J connectivity index is 1.69. The summed E-state index contributed by atoms with van der Waals surface area (Å²) < 4.78 is 0. The summed E-state index contributed by atoms with van der Waals surface area (Å²) in [5, 5.41) is 0. The fourth-order valence-corrected chi connectivity index (χ4v) is 2.00. The van der Waals surface area contributed by atoms with Crippen molar-refractivity contribution in [1.29, 1.82) is 0 Å². The molecular weight excluding hydrogens is 120 g/mol. The zero-order valence-corrected chi connectivity index (χ0v) is 6.68. The van der Waals surface area contributed by atoms with Crippen molar-refractivity contribution in [3.63, 3.8) is 0 Å². The molecule has 0 N–H and O–H groups in total. The lowest BCUT2D eigenvalue weighted by Gasteiger charge is -2.20. The smallest absolute Gasteiger partial charge is 0.0324 e. The van der Waals surface area contributed by atoms with E-state index in [1.165, 1.54) is 44.9 Å². The fourth-order valence-electron chi connectivity index (χ4n) is 2.00. The Bertz CT molecular complexity index is 96.6. The summed E-state index contributed by atoms with van der Waals surface area (Å²) in [6.45, 7) is 0. The van der Waals surface area contributed by atoms with Crippen molar-refractivity contribution >= 4 is 0 Å². The van der Waals surface area contributed by atoms with Gasteiger partial charge in [-0.15, -0.1) is 0 Å². The Morgan fingerprint density at radius 3 is 1.90 bits per heavy atom. The molecule has 2 aliphatic carbocycles. The molecule has 0 aromatic carbocycles. The van der Waals surface area contributed by atoms with Crippen molar-refractivity contribution in [2.75, 3.05) is 0 Å². The summed E-state index contributed by atoms with van der Waals surface area (Å²) in [6.07, 6.45) is 13.1. The maximum Gasteiger partial charge on any atom is -0.0324 e. The molecule has 0 heteroatoms. The third kappa shape index (κ3) is 1.74. The maximum atomic E-state index is 2.64. The van der Waals surface area contributed by atoms with Crippen LogP contribution in [0.2, 0.25) is 0 Å². The highest BCUT2D eigenvalue weighted by Gasteiger charge is 2.26. The van der Waals surface area contributed by atoms with E-state index < -0.39 is 0 Å². The molecule has 2 saturated carbocycles. The Kier molecular flexibility index (Phi) is 1.97. The minimum absolute atomic E-state index is 1.02. The molecule has 2 aliphatic rings. The molecule has 0 aliphatic heterocycles. The molecule has 57 valence electrons. The molecule has 0 heterocycles. The van der Waals surface area contributed by atoms with E-state index >= 15 is 0 Å². The molecule has 0 unspecified atom stereocenters. The molecule has 0 aromatic heterocycles. The minimum Gasteiger partial charge on any atom is -0.0533 e. The summed E-state index contributed by atoms with van der Waals surface area (Å²) in [6, 6.07) is 0. The predicted molar refractivity (Wildman–Crippen MR) is 43.6 cm³/mol. The van der Waals surface area contributed by atoms with E-state index in [1.54, 1.807) is 0 Å². The van der Waals surface area contributed by atoms with Crippen molar-refractivity contribution in [1.82, 2.24) is 0 Å². The van der Waals surface area contributed by atoms with Gasteiger partial charge in [-0.25, -0.2) is 0 Å². The summed E-state index contributed by atoms with van der Waals surface area (Å²) >= 11 is 0. The van der Waals surface area contributed by atoms with Gasteiger partial charge in [-0.2, -0.15) is 0 Å². The third-order valence-corrected chi connectivity index (χ3v) is 2.82. The largest absolute Gasteiger partial charge is 0.0533 e. The van der Waals surface area contributed by atoms with Crippen LogP contribution in [0.1, 0.15) is 44.9 Å². The first-order valence-electron chi connectivity index (χ1n) is 4.80. The van der Waals surface area contributed by atoms with E-state index in [0.29, 0.717) is 0 Å². The predicted octanol–water partition coefficient (Wildman–Crippen LogP) is 3.18. The molecule has 10 heavy (non-hydrogen) atoms. The van der Waals surface area contributed by atoms with E-state index in [-0.39, 0.29) is 0 Å². The molecule has 0 bridgehead atoms. The second-order valence-electron chi connectivity index (χ2n) is 3.93. The molecule has 0 spiro atoms. The van der Waals surface area contributed by atoms with Gasteiger partial charge in [0.1, 0.15) is 0 Å². The lowest BCUT2D eigenvalue weighted by Crippen LogP contribution is -2.07. The highest BCUT2D eigenvalue weighted by atomic mass is 14.3. The maximum absolute atomic E-state index is 2.64. The van der Waals surface area contributed by atoms with Crippen LogP contribution in [0.4, 0.5) is 0 Å². The summed E-state index contributed by atoms with van der Waals surface area (Å²) in [4.78, 5) is 0. The fraction of sp³-hybridized carbons (Fsp3) is 0.900. The second kappa shape index (κ2) is 2.94. The molecule has 0 nitrogen and oxygen atoms in total. The molecule has 0 saturated heterocycles. The molecular formula is C10H17. The standard InChI is InChI=1S/C10H17/c1-2-4-9(5-3-1)8-10-6-7-10/h8-10H,1-7H2. The van der Waals surface area contributed by atoms with Gasteiger partial charge in [-0.1, -0.05) is 32.1 Å². The number of rotatable bonds is 2. The highest BCUT2D eigenvalue weighted by Crippen LogP contribution is 2.38. The van der Waals surface area contributed by atoms with Gasteiger partial charge in [0.25, 0.3) is 0 Å². The van der Waals surface area contributed by atoms with Crippen LogP contribution in [0, 0.1) is 18.3 Å². The van der Waals surface area contributed by atoms with Crippen molar-refractivity contribution < 1.29 is 0 Å². The quantitative estimate of drug-likeness (QED) is 0.548. The minimum atomic E-state index is 1.02. The van der Waals surface area contributed by atoms with Crippen LogP contribution in [0.3, 0.4) is 0 Å². The van der Waals surface area contributed by atoms with Crippen molar-refractivity contribution in [2.45, 2.75) is 44.9 Å². The van der Waals surface area contributed by atoms with Crippen LogP contribution in [-0.2, 0) is 0 Å². The van der Waals surface area contributed by atoms with Gasteiger partial charge in [0.05, 0.1) is 0 Å². The van der Waals surface area contributed by atoms with Crippen LogP contribution in [-0.4, -0.2) is 0 Å². The summed E-state index contributed by atoms with van der Waals surface area (Å²) in [5.41, 5.74) is 0. The number of hydrogen-bond donors (Lipinski definition) is 0. The second-order valence-corrected chi connectivity index (χ2v) is 3.93. The summed E-state index contributed by atoms with van der Waals surface area (Å²) in [5.74, 6) is 2.06.